The van der Waals surface area contributed by atoms with Gasteiger partial charge in [0.05, 0.1) is 10.0 Å². The summed E-state index contributed by atoms with van der Waals surface area (Å²) in [5, 5.41) is 15.6. The van der Waals surface area contributed by atoms with Gasteiger partial charge in [0.2, 0.25) is 0 Å². The van der Waals surface area contributed by atoms with Crippen LogP contribution in [0.1, 0.15) is 19.3 Å². The minimum atomic E-state index is -0.821. The molecule has 24 heavy (non-hydrogen) atoms. The summed E-state index contributed by atoms with van der Waals surface area (Å²) in [6.07, 6.45) is 3.27. The normalized spacial score (nSPS) is 17.4. The van der Waals surface area contributed by atoms with E-state index in [1.54, 1.807) is 11.0 Å². The Bertz CT molecular complexity index is 600. The lowest BCUT2D eigenvalue weighted by atomic mass is 9.95. The first-order valence-electron chi connectivity index (χ1n) is 7.75. The van der Waals surface area contributed by atoms with E-state index in [-0.39, 0.29) is 18.4 Å². The SMILES string of the molecule is O=C(O)CC1CCCN(C(=O)NCCNc2ncc(Cl)cc2Cl)C1. The molecular formula is C15H20Cl2N4O3. The van der Waals surface area contributed by atoms with E-state index in [1.165, 1.54) is 6.20 Å². The van der Waals surface area contributed by atoms with Crippen molar-refractivity contribution < 1.29 is 14.7 Å². The molecule has 0 bridgehead atoms. The molecule has 132 valence electrons. The fourth-order valence-electron chi connectivity index (χ4n) is 2.67. The fraction of sp³-hybridized carbons (Fsp3) is 0.533. The molecule has 1 aliphatic heterocycles. The molecule has 1 aliphatic rings. The van der Waals surface area contributed by atoms with Crippen LogP contribution in [0.5, 0.6) is 0 Å². The van der Waals surface area contributed by atoms with Crippen molar-refractivity contribution in [1.29, 1.82) is 0 Å². The van der Waals surface area contributed by atoms with Crippen molar-refractivity contribution in [2.24, 2.45) is 5.92 Å². The second-order valence-corrected chi connectivity index (χ2v) is 6.54. The molecular weight excluding hydrogens is 355 g/mol. The Morgan fingerprint density at radius 1 is 1.38 bits per heavy atom. The molecule has 0 saturated carbocycles. The second kappa shape index (κ2) is 8.94. The van der Waals surface area contributed by atoms with E-state index in [4.69, 9.17) is 28.3 Å². The lowest BCUT2D eigenvalue weighted by molar-refractivity contribution is -0.138. The van der Waals surface area contributed by atoms with Crippen LogP contribution in [0.3, 0.4) is 0 Å². The van der Waals surface area contributed by atoms with Crippen LogP contribution in [-0.2, 0) is 4.79 Å². The van der Waals surface area contributed by atoms with Gasteiger partial charge in [-0.3, -0.25) is 4.79 Å². The van der Waals surface area contributed by atoms with E-state index in [2.05, 4.69) is 15.6 Å². The predicted octanol–water partition coefficient (Wildman–Crippen LogP) is 2.70. The van der Waals surface area contributed by atoms with E-state index in [0.29, 0.717) is 42.0 Å². The number of nitrogens with one attached hydrogen (secondary N) is 2. The number of nitrogens with zero attached hydrogens (tertiary/aromatic N) is 2. The third-order valence-corrected chi connectivity index (χ3v) is 4.27. The number of pyridine rings is 1. The molecule has 0 aromatic carbocycles. The topological polar surface area (TPSA) is 94.6 Å². The third-order valence-electron chi connectivity index (χ3n) is 3.77. The first kappa shape index (κ1) is 18.6. The highest BCUT2D eigenvalue weighted by atomic mass is 35.5. The van der Waals surface area contributed by atoms with Gasteiger partial charge in [0.15, 0.2) is 0 Å². The number of aromatic nitrogens is 1. The van der Waals surface area contributed by atoms with Gasteiger partial charge in [0, 0.05) is 38.8 Å². The number of hydrogen-bond acceptors (Lipinski definition) is 4. The Balaban J connectivity index is 1.71. The standard InChI is InChI=1S/C15H20Cl2N4O3/c16-11-7-12(17)14(20-8-11)18-3-4-19-15(24)21-5-1-2-10(9-21)6-13(22)23/h7-8,10H,1-6,9H2,(H,18,20)(H,19,24)(H,22,23). The van der Waals surface area contributed by atoms with Gasteiger partial charge in [0.1, 0.15) is 5.82 Å². The third kappa shape index (κ3) is 5.72. The highest BCUT2D eigenvalue weighted by Crippen LogP contribution is 2.22. The second-order valence-electron chi connectivity index (χ2n) is 5.69. The van der Waals surface area contributed by atoms with Gasteiger partial charge in [-0.05, 0) is 24.8 Å². The largest absolute Gasteiger partial charge is 0.481 e. The van der Waals surface area contributed by atoms with Gasteiger partial charge >= 0.3 is 12.0 Å². The van der Waals surface area contributed by atoms with Crippen molar-refractivity contribution >= 4 is 41.0 Å². The first-order valence-corrected chi connectivity index (χ1v) is 8.51. The van der Waals surface area contributed by atoms with Crippen LogP contribution >= 0.6 is 23.2 Å². The molecule has 1 aromatic heterocycles. The van der Waals surface area contributed by atoms with Crippen LogP contribution in [0.2, 0.25) is 10.0 Å². The van der Waals surface area contributed by atoms with Crippen LogP contribution in [0.4, 0.5) is 10.6 Å². The molecule has 1 unspecified atom stereocenters. The Kier molecular flexibility index (Phi) is 6.93. The number of amides is 2. The molecule has 0 spiro atoms. The Morgan fingerprint density at radius 2 is 2.17 bits per heavy atom. The Labute approximate surface area is 150 Å². The van der Waals surface area contributed by atoms with E-state index < -0.39 is 5.97 Å². The molecule has 1 atom stereocenters. The molecule has 1 aromatic rings. The zero-order valence-electron chi connectivity index (χ0n) is 13.1. The molecule has 0 radical (unpaired) electrons. The van der Waals surface area contributed by atoms with Crippen molar-refractivity contribution in [3.63, 3.8) is 0 Å². The van der Waals surface area contributed by atoms with Crippen molar-refractivity contribution in [3.05, 3.63) is 22.3 Å². The van der Waals surface area contributed by atoms with Crippen LogP contribution < -0.4 is 10.6 Å². The minimum Gasteiger partial charge on any atom is -0.481 e. The van der Waals surface area contributed by atoms with Crippen LogP contribution in [-0.4, -0.2) is 53.2 Å². The molecule has 0 aliphatic carbocycles. The number of likely N-dealkylation sites (tertiary alicyclic amines) is 1. The van der Waals surface area contributed by atoms with E-state index in [0.717, 1.165) is 12.8 Å². The van der Waals surface area contributed by atoms with Crippen molar-refractivity contribution in [1.82, 2.24) is 15.2 Å². The smallest absolute Gasteiger partial charge is 0.317 e. The molecule has 3 N–H and O–H groups in total. The average molecular weight is 375 g/mol. The van der Waals surface area contributed by atoms with Crippen LogP contribution in [0, 0.1) is 5.92 Å². The molecule has 7 nitrogen and oxygen atoms in total. The summed E-state index contributed by atoms with van der Waals surface area (Å²) in [5.74, 6) is -0.286. The summed E-state index contributed by atoms with van der Waals surface area (Å²) in [4.78, 5) is 28.7. The Hall–Kier alpha value is -1.73. The van der Waals surface area contributed by atoms with E-state index >= 15 is 0 Å². The number of hydrogen-bond donors (Lipinski definition) is 3. The maximum Gasteiger partial charge on any atom is 0.317 e. The predicted molar refractivity (Wildman–Crippen MR) is 92.7 cm³/mol. The lowest BCUT2D eigenvalue weighted by Gasteiger charge is -2.32. The van der Waals surface area contributed by atoms with E-state index in [9.17, 15) is 9.59 Å². The number of urea groups is 1. The average Bonchev–Trinajstić information content (AvgIpc) is 2.52. The maximum absolute atomic E-state index is 12.1. The molecule has 1 saturated heterocycles. The maximum atomic E-state index is 12.1. The summed E-state index contributed by atoms with van der Waals surface area (Å²) in [6.45, 7) is 2.00. The number of carboxylic acids is 1. The fourth-order valence-corrected chi connectivity index (χ4v) is 3.12. The van der Waals surface area contributed by atoms with E-state index in [1.807, 2.05) is 0 Å². The summed E-state index contributed by atoms with van der Waals surface area (Å²) < 4.78 is 0. The highest BCUT2D eigenvalue weighted by Gasteiger charge is 2.24. The lowest BCUT2D eigenvalue weighted by Crippen LogP contribution is -2.46. The summed E-state index contributed by atoms with van der Waals surface area (Å²) in [5.41, 5.74) is 0. The number of carbonyl (C=O) groups excluding carboxylic acids is 1. The number of carboxylic acid groups (broad SMARTS) is 1. The van der Waals surface area contributed by atoms with Gasteiger partial charge in [-0.1, -0.05) is 23.2 Å². The molecule has 1 fully saturated rings. The van der Waals surface area contributed by atoms with Gasteiger partial charge in [0.25, 0.3) is 0 Å². The zero-order chi connectivity index (χ0) is 17.5. The Morgan fingerprint density at radius 3 is 2.88 bits per heavy atom. The minimum absolute atomic E-state index is 0.0252. The number of carbonyl (C=O) groups is 2. The van der Waals surface area contributed by atoms with Gasteiger partial charge < -0.3 is 20.6 Å². The summed E-state index contributed by atoms with van der Waals surface area (Å²) >= 11 is 11.8. The highest BCUT2D eigenvalue weighted by molar-refractivity contribution is 6.35. The van der Waals surface area contributed by atoms with Crippen molar-refractivity contribution in [3.8, 4) is 0 Å². The van der Waals surface area contributed by atoms with Crippen molar-refractivity contribution in [2.45, 2.75) is 19.3 Å². The van der Waals surface area contributed by atoms with Gasteiger partial charge in [-0.25, -0.2) is 9.78 Å². The number of rotatable bonds is 6. The molecule has 2 amide bonds. The molecule has 2 rings (SSSR count). The number of anilines is 1. The summed E-state index contributed by atoms with van der Waals surface area (Å²) in [6, 6.07) is 1.41. The monoisotopic (exact) mass is 374 g/mol. The molecule has 9 heteroatoms. The van der Waals surface area contributed by atoms with Crippen molar-refractivity contribution in [2.75, 3.05) is 31.5 Å². The molecule has 2 heterocycles. The zero-order valence-corrected chi connectivity index (χ0v) is 14.6. The van der Waals surface area contributed by atoms with Gasteiger partial charge in [-0.2, -0.15) is 0 Å². The number of piperidine rings is 1. The van der Waals surface area contributed by atoms with Gasteiger partial charge in [-0.15, -0.1) is 0 Å². The summed E-state index contributed by atoms with van der Waals surface area (Å²) in [7, 11) is 0. The van der Waals surface area contributed by atoms with Crippen LogP contribution in [0.15, 0.2) is 12.3 Å². The number of halogens is 2. The first-order chi connectivity index (χ1) is 11.5. The quantitative estimate of drug-likeness (QED) is 0.665. The number of aliphatic carboxylic acids is 1. The van der Waals surface area contributed by atoms with Crippen LogP contribution in [0.25, 0.3) is 0 Å².